The maximum absolute atomic E-state index is 10.1. The summed E-state index contributed by atoms with van der Waals surface area (Å²) in [5, 5.41) is -0.139. The molecule has 0 rings (SSSR count). The third-order valence-electron chi connectivity index (χ3n) is 0.514. The highest BCUT2D eigenvalue weighted by molar-refractivity contribution is 7.96. The molecule has 0 radical (unpaired) electrons. The summed E-state index contributed by atoms with van der Waals surface area (Å²) in [6, 6.07) is 0. The minimum absolute atomic E-state index is 0. The van der Waals surface area contributed by atoms with E-state index >= 15 is 0 Å². The molecule has 0 aromatic rings. The van der Waals surface area contributed by atoms with Crippen molar-refractivity contribution in [2.45, 2.75) is 21.3 Å². The summed E-state index contributed by atoms with van der Waals surface area (Å²) >= 11 is 3.33. The predicted octanol–water partition coefficient (Wildman–Crippen LogP) is 0.437. The minimum Gasteiger partial charge on any atom is -0.288 e. The first-order valence-electron chi connectivity index (χ1n) is 4.15. The van der Waals surface area contributed by atoms with E-state index in [1.165, 1.54) is 6.92 Å². The van der Waals surface area contributed by atoms with Crippen LogP contribution >= 0.6 is 12.6 Å². The molecule has 0 spiro atoms. The van der Waals surface area contributed by atoms with Crippen LogP contribution in [0.2, 0.25) is 0 Å². The lowest BCUT2D eigenvalue weighted by Crippen LogP contribution is -2.26. The highest BCUT2D eigenvalue weighted by Crippen LogP contribution is 1.80. The number of nitrogens with one attached hydrogen (secondary N) is 1. The third-order valence-corrected chi connectivity index (χ3v) is 1.54. The Labute approximate surface area is 124 Å². The zero-order valence-electron chi connectivity index (χ0n) is 10.6. The smallest absolute Gasteiger partial charge is 0.232 e. The average molecular weight is 350 g/mol. The summed E-state index contributed by atoms with van der Waals surface area (Å²) in [6.07, 6.45) is 1.75. The molecule has 0 fully saturated rings. The number of carbonyl (C=O) groups is 2. The van der Waals surface area contributed by atoms with E-state index in [9.17, 15) is 26.4 Å². The molecule has 0 saturated carbocycles. The number of sulfonamides is 2. The van der Waals surface area contributed by atoms with Crippen molar-refractivity contribution in [3.8, 4) is 0 Å². The summed E-state index contributed by atoms with van der Waals surface area (Å²) in [7, 11) is -6.79. The molecule has 0 aliphatic rings. The Hall–Kier alpha value is -1.30. The van der Waals surface area contributed by atoms with Crippen LogP contribution < -0.4 is 4.72 Å². The van der Waals surface area contributed by atoms with Gasteiger partial charge in [-0.1, -0.05) is 7.43 Å². The van der Waals surface area contributed by atoms with Crippen molar-refractivity contribution in [3.05, 3.63) is 10.4 Å². The van der Waals surface area contributed by atoms with Crippen molar-refractivity contribution < 1.29 is 26.4 Å². The van der Waals surface area contributed by atoms with Crippen LogP contribution in [0, 0.1) is 0 Å². The van der Waals surface area contributed by atoms with Crippen LogP contribution in [0.5, 0.6) is 0 Å². The Morgan fingerprint density at radius 2 is 1.45 bits per heavy atom. The summed E-state index contributed by atoms with van der Waals surface area (Å²) in [4.78, 5) is 21.3. The Bertz CT molecular complexity index is 543. The number of hydrogen-bond donors (Lipinski definition) is 2. The number of azide groups is 1. The van der Waals surface area contributed by atoms with Crippen molar-refractivity contribution in [2.75, 3.05) is 12.5 Å². The van der Waals surface area contributed by atoms with E-state index in [1.54, 1.807) is 4.72 Å². The van der Waals surface area contributed by atoms with E-state index in [-0.39, 0.29) is 12.5 Å². The van der Waals surface area contributed by atoms with Gasteiger partial charge in [0.25, 0.3) is 0 Å². The van der Waals surface area contributed by atoms with Gasteiger partial charge in [-0.3, -0.25) is 14.3 Å². The molecule has 20 heavy (non-hydrogen) atoms. The number of amides is 1. The molecule has 1 amide bonds. The van der Waals surface area contributed by atoms with Gasteiger partial charge in [0.05, 0.1) is 6.26 Å². The molecule has 0 aromatic heterocycles. The number of nitrogens with zero attached hydrogens (tertiary/aromatic N) is 3. The number of hydrogen-bond acceptors (Lipinski definition) is 6. The lowest BCUT2D eigenvalue weighted by molar-refractivity contribution is -0.117. The maximum Gasteiger partial charge on any atom is 0.232 e. The van der Waals surface area contributed by atoms with Crippen molar-refractivity contribution in [1.29, 1.82) is 0 Å². The van der Waals surface area contributed by atoms with Crippen LogP contribution in [0.4, 0.5) is 0 Å². The van der Waals surface area contributed by atoms with Gasteiger partial charge >= 0.3 is 0 Å². The van der Waals surface area contributed by atoms with E-state index in [0.29, 0.717) is 0 Å². The second kappa shape index (κ2) is 12.7. The Balaban J connectivity index is -0.0000000986. The van der Waals surface area contributed by atoms with Crippen molar-refractivity contribution in [3.63, 3.8) is 0 Å². The zero-order valence-corrected chi connectivity index (χ0v) is 13.1. The molecule has 0 aliphatic carbocycles. The molecule has 0 aromatic carbocycles. The summed E-state index contributed by atoms with van der Waals surface area (Å²) in [5.74, 6) is -0.562. The standard InChI is InChI=1S/C3H7NO3S.C2H4OS.CH3N3O2S.CH4/c1-3(5)4-8(2,6)7;1-2(3)4;1-7(5,6)4-3-2;/h1-2H3,(H,4,5);1H3,(H,3,4);1H3;1H4. The molecule has 13 heteroatoms. The van der Waals surface area contributed by atoms with Crippen LogP contribution in [0.25, 0.3) is 10.4 Å². The Morgan fingerprint density at radius 3 is 1.45 bits per heavy atom. The molecule has 0 saturated heterocycles. The van der Waals surface area contributed by atoms with Gasteiger partial charge in [0.1, 0.15) is 0 Å². The van der Waals surface area contributed by atoms with Crippen molar-refractivity contribution in [2.24, 2.45) is 4.52 Å². The van der Waals surface area contributed by atoms with Crippen molar-refractivity contribution >= 4 is 43.7 Å². The highest BCUT2D eigenvalue weighted by atomic mass is 32.2. The van der Waals surface area contributed by atoms with Crippen LogP contribution in [0.1, 0.15) is 21.3 Å². The highest BCUT2D eigenvalue weighted by Gasteiger charge is 1.99. The molecule has 0 bridgehead atoms. The van der Waals surface area contributed by atoms with Crippen LogP contribution in [0.3, 0.4) is 0 Å². The quantitative estimate of drug-likeness (QED) is 0.317. The first-order valence-corrected chi connectivity index (χ1v) is 8.34. The fourth-order valence-corrected chi connectivity index (χ4v) is 0.982. The molecule has 0 aliphatic heterocycles. The lowest BCUT2D eigenvalue weighted by Gasteiger charge is -1.93. The first-order chi connectivity index (χ1) is 8.21. The fraction of sp³-hybridized carbons (Fsp3) is 0.714. The summed E-state index contributed by atoms with van der Waals surface area (Å²) < 4.78 is 44.0. The first kappa shape index (κ1) is 27.1. The summed E-state index contributed by atoms with van der Waals surface area (Å²) in [5.41, 5.74) is 7.48. The molecule has 0 atom stereocenters. The monoisotopic (exact) mass is 350 g/mol. The van der Waals surface area contributed by atoms with Gasteiger partial charge in [0.2, 0.25) is 26.0 Å². The van der Waals surface area contributed by atoms with Gasteiger partial charge in [-0.15, -0.1) is 12.6 Å². The normalized spacial score (nSPS) is 9.05. The molecule has 1 N–H and O–H groups in total. The van der Waals surface area contributed by atoms with Gasteiger partial charge in [0, 0.05) is 29.5 Å². The average Bonchev–Trinajstić information content (AvgIpc) is 1.94. The van der Waals surface area contributed by atoms with Crippen LogP contribution in [-0.4, -0.2) is 40.4 Å². The van der Waals surface area contributed by atoms with Crippen LogP contribution in [0.15, 0.2) is 4.52 Å². The largest absolute Gasteiger partial charge is 0.288 e. The minimum atomic E-state index is -3.47. The van der Waals surface area contributed by atoms with E-state index < -0.39 is 26.0 Å². The second-order valence-corrected chi connectivity index (χ2v) is 6.86. The molecule has 0 heterocycles. The molecule has 120 valence electrons. The predicted molar refractivity (Wildman–Crippen MR) is 79.0 cm³/mol. The Kier molecular flexibility index (Phi) is 17.2. The van der Waals surface area contributed by atoms with Gasteiger partial charge < -0.3 is 0 Å². The molecule has 10 nitrogen and oxygen atoms in total. The topological polar surface area (TPSA) is 163 Å². The maximum atomic E-state index is 10.1. The van der Waals surface area contributed by atoms with E-state index in [4.69, 9.17) is 5.53 Å². The van der Waals surface area contributed by atoms with Gasteiger partial charge in [-0.25, -0.2) is 16.8 Å². The number of thiol groups is 1. The van der Waals surface area contributed by atoms with E-state index in [1.807, 2.05) is 4.91 Å². The van der Waals surface area contributed by atoms with Crippen molar-refractivity contribution in [1.82, 2.24) is 4.72 Å². The van der Waals surface area contributed by atoms with Gasteiger partial charge in [-0.05, 0) is 5.53 Å². The van der Waals surface area contributed by atoms with Gasteiger partial charge in [0.15, 0.2) is 5.12 Å². The van der Waals surface area contributed by atoms with Gasteiger partial charge in [-0.2, -0.15) is 0 Å². The molecular formula is C7H18N4O6S3. The summed E-state index contributed by atoms with van der Waals surface area (Å²) in [6.45, 7) is 2.53. The number of carbonyl (C=O) groups excluding carboxylic acids is 2. The zero-order chi connectivity index (χ0) is 16.3. The van der Waals surface area contributed by atoms with Crippen LogP contribution in [-0.2, 0) is 29.6 Å². The van der Waals surface area contributed by atoms with E-state index in [2.05, 4.69) is 17.1 Å². The molecule has 0 unspecified atom stereocenters. The third kappa shape index (κ3) is 69.4. The number of rotatable bonds is 2. The Morgan fingerprint density at radius 1 is 1.15 bits per heavy atom. The fourth-order valence-electron chi connectivity index (χ4n) is 0.327. The second-order valence-electron chi connectivity index (χ2n) is 2.85. The lowest BCUT2D eigenvalue weighted by atomic mass is 10.8. The molecular weight excluding hydrogens is 332 g/mol. The SMILES string of the molecule is C.CC(=O)NS(C)(=O)=O.CC(=O)S.CS(=O)(=O)N=[N+]=[N-]. The van der Waals surface area contributed by atoms with E-state index in [0.717, 1.165) is 19.4 Å².